The van der Waals surface area contributed by atoms with Crippen molar-refractivity contribution in [1.29, 1.82) is 0 Å². The molecule has 0 saturated carbocycles. The Hall–Kier alpha value is -4.96. The van der Waals surface area contributed by atoms with E-state index in [0.717, 1.165) is 75.0 Å². The minimum absolute atomic E-state index is 0.140. The molecular formula is C54H66N3O10S3+. The van der Waals surface area contributed by atoms with Crippen LogP contribution in [-0.2, 0) is 45.9 Å². The fraction of sp³-hybridized carbons (Fsp3) is 0.426. The van der Waals surface area contributed by atoms with Crippen LogP contribution in [0.2, 0.25) is 0 Å². The van der Waals surface area contributed by atoms with Gasteiger partial charge in [0.2, 0.25) is 5.69 Å². The molecule has 4 aromatic carbocycles. The molecule has 16 heteroatoms. The largest absolute Gasteiger partial charge is 0.365 e. The topological polar surface area (TPSA) is 191 Å². The quantitative estimate of drug-likeness (QED) is 0.0284. The lowest BCUT2D eigenvalue weighted by Crippen LogP contribution is -2.28. The fourth-order valence-corrected chi connectivity index (χ4v) is 12.4. The predicted molar refractivity (Wildman–Crippen MR) is 280 cm³/mol. The lowest BCUT2D eigenvalue weighted by molar-refractivity contribution is -0.438. The van der Waals surface area contributed by atoms with Gasteiger partial charge in [-0.25, -0.2) is 0 Å². The number of unbranched alkanes of at least 4 members (excludes halogenated alkanes) is 2. The minimum atomic E-state index is -4.45. The van der Waals surface area contributed by atoms with Gasteiger partial charge in [0.05, 0.1) is 27.9 Å². The van der Waals surface area contributed by atoms with Crippen molar-refractivity contribution in [1.82, 2.24) is 5.32 Å². The number of benzene rings is 4. The maximum Gasteiger partial charge on any atom is 0.294 e. The molecule has 0 amide bonds. The summed E-state index contributed by atoms with van der Waals surface area (Å²) in [6.45, 7) is 12.7. The summed E-state index contributed by atoms with van der Waals surface area (Å²) >= 11 is 0. The highest BCUT2D eigenvalue weighted by atomic mass is 32.2. The Morgan fingerprint density at radius 2 is 1.47 bits per heavy atom. The summed E-state index contributed by atoms with van der Waals surface area (Å²) in [7, 11) is -10.8. The second kappa shape index (κ2) is 21.0. The minimum Gasteiger partial charge on any atom is -0.365 e. The van der Waals surface area contributed by atoms with Crippen LogP contribution in [0.1, 0.15) is 95.8 Å². The van der Waals surface area contributed by atoms with Crippen LogP contribution >= 0.6 is 0 Å². The van der Waals surface area contributed by atoms with Crippen molar-refractivity contribution < 1.29 is 48.2 Å². The molecule has 0 fully saturated rings. The number of terminal acetylenes is 1. The Bertz CT molecular complexity index is 3250. The zero-order valence-corrected chi connectivity index (χ0v) is 43.4. The van der Waals surface area contributed by atoms with Gasteiger partial charge in [0.25, 0.3) is 30.4 Å². The van der Waals surface area contributed by atoms with Crippen molar-refractivity contribution in [2.45, 2.75) is 108 Å². The van der Waals surface area contributed by atoms with Crippen LogP contribution in [0, 0.1) is 19.3 Å². The van der Waals surface area contributed by atoms with E-state index in [4.69, 9.17) is 11.2 Å². The second-order valence-electron chi connectivity index (χ2n) is 19.8. The molecule has 4 N–H and O–H groups in total. The van der Waals surface area contributed by atoms with Crippen molar-refractivity contribution in [2.24, 2.45) is 0 Å². The van der Waals surface area contributed by atoms with Gasteiger partial charge in [-0.1, -0.05) is 67.8 Å². The highest BCUT2D eigenvalue weighted by molar-refractivity contribution is 7.86. The standard InChI is InChI=1S/C54H65N3O10S3/c1-8-30-67-42-34-39(18-25-49-53(3,4)51-45-21-15-37(2)33-38(45)16-23-47(51)56(49)28-9-11-31-68(58,59)60)44(14-13-27-55-7)40(35-42)19-26-50-54(5,6)52-46-22-20-43(70(64,65)66)36-41(46)17-24-48(52)57(50)29-10-12-32-69(61,62)63/h1,15-26,33,36,42,55H,9-14,27-32,34-35H2,2-7H3,(H2-,58,59,60,61,62,63,64,65,66)/p+1. The number of rotatable bonds is 20. The van der Waals surface area contributed by atoms with Crippen LogP contribution in [0.5, 0.6) is 0 Å². The number of aryl methyl sites for hydroxylation is 1. The molecule has 1 atom stereocenters. The van der Waals surface area contributed by atoms with Crippen molar-refractivity contribution in [3.05, 3.63) is 124 Å². The molecule has 2 heterocycles. The Morgan fingerprint density at radius 3 is 2.16 bits per heavy atom. The van der Waals surface area contributed by atoms with Gasteiger partial charge < -0.3 is 15.0 Å². The lowest BCUT2D eigenvalue weighted by Gasteiger charge is -2.30. The van der Waals surface area contributed by atoms with E-state index in [-0.39, 0.29) is 35.5 Å². The molecule has 1 aliphatic carbocycles. The number of nitrogens with one attached hydrogen (secondary N) is 1. The molecule has 0 bridgehead atoms. The molecule has 0 spiro atoms. The van der Waals surface area contributed by atoms with Crippen molar-refractivity contribution in [3.8, 4) is 12.3 Å². The van der Waals surface area contributed by atoms with Gasteiger partial charge in [-0.05, 0) is 153 Å². The number of hydrogen-bond acceptors (Lipinski definition) is 9. The first kappa shape index (κ1) is 52.9. The zero-order chi connectivity index (χ0) is 50.8. The smallest absolute Gasteiger partial charge is 0.294 e. The van der Waals surface area contributed by atoms with Crippen LogP contribution in [0.15, 0.2) is 112 Å². The molecule has 374 valence electrons. The summed E-state index contributed by atoms with van der Waals surface area (Å²) in [6, 6.07) is 19.2. The predicted octanol–water partition coefficient (Wildman–Crippen LogP) is 9.53. The summed E-state index contributed by atoms with van der Waals surface area (Å²) in [5.74, 6) is 1.98. The maximum absolute atomic E-state index is 12.1. The third kappa shape index (κ3) is 11.7. The lowest BCUT2D eigenvalue weighted by atomic mass is 9.78. The van der Waals surface area contributed by atoms with E-state index in [0.29, 0.717) is 50.6 Å². The molecule has 7 rings (SSSR count). The normalized spacial score (nSPS) is 19.3. The SMILES string of the molecule is C#CCOC1CC(/C=C/C2=[N+](CCCCS(=O)(=O)O)c3ccc4cc(C)ccc4c3C2(C)C)=C(CCCNC)C(=C/C=C2/N(CCCCS(=O)(=O)O)c3ccc4cc(S(=O)(=O)O)ccc4c3C2(C)C)/C1. The summed E-state index contributed by atoms with van der Waals surface area (Å²) < 4.78 is 109. The molecule has 0 aromatic heterocycles. The van der Waals surface area contributed by atoms with Gasteiger partial charge >= 0.3 is 0 Å². The number of hydrogen-bond donors (Lipinski definition) is 4. The van der Waals surface area contributed by atoms with Crippen LogP contribution < -0.4 is 10.2 Å². The Labute approximate surface area is 414 Å². The third-order valence-electron chi connectivity index (χ3n) is 14.0. The van der Waals surface area contributed by atoms with Crippen molar-refractivity contribution >= 4 is 69.0 Å². The fourth-order valence-electron chi connectivity index (χ4n) is 10.8. The molecule has 2 aliphatic heterocycles. The number of fused-ring (bicyclic) bond motifs is 6. The summed E-state index contributed by atoms with van der Waals surface area (Å²) in [4.78, 5) is 1.98. The monoisotopic (exact) mass is 1010 g/mol. The van der Waals surface area contributed by atoms with Gasteiger partial charge in [0.1, 0.15) is 13.2 Å². The molecule has 3 aliphatic rings. The number of allylic oxidation sites excluding steroid dienone is 6. The molecule has 13 nitrogen and oxygen atoms in total. The van der Waals surface area contributed by atoms with E-state index < -0.39 is 41.2 Å². The number of anilines is 1. The summed E-state index contributed by atoms with van der Waals surface area (Å²) in [5.41, 5.74) is 9.60. The van der Waals surface area contributed by atoms with Crippen LogP contribution in [0.3, 0.4) is 0 Å². The van der Waals surface area contributed by atoms with E-state index in [2.05, 4.69) is 110 Å². The molecule has 0 saturated heterocycles. The molecule has 1 unspecified atom stereocenters. The number of nitrogens with zero attached hydrogens (tertiary/aromatic N) is 2. The first-order chi connectivity index (χ1) is 32.9. The van der Waals surface area contributed by atoms with E-state index in [1.54, 1.807) is 6.07 Å². The second-order valence-corrected chi connectivity index (χ2v) is 24.3. The van der Waals surface area contributed by atoms with Crippen LogP contribution in [0.25, 0.3) is 21.5 Å². The molecule has 4 aromatic rings. The zero-order valence-electron chi connectivity index (χ0n) is 41.0. The summed E-state index contributed by atoms with van der Waals surface area (Å²) in [6.07, 6.45) is 18.6. The van der Waals surface area contributed by atoms with E-state index >= 15 is 0 Å². The van der Waals surface area contributed by atoms with E-state index in [1.807, 2.05) is 19.2 Å². The molecular weight excluding hydrogens is 947 g/mol. The van der Waals surface area contributed by atoms with Gasteiger partial charge in [-0.2, -0.15) is 29.8 Å². The summed E-state index contributed by atoms with van der Waals surface area (Å²) in [5, 5.41) is 7.07. The van der Waals surface area contributed by atoms with Crippen molar-refractivity contribution in [2.75, 3.05) is 49.7 Å². The van der Waals surface area contributed by atoms with Gasteiger partial charge in [-0.3, -0.25) is 13.7 Å². The molecule has 70 heavy (non-hydrogen) atoms. The van der Waals surface area contributed by atoms with E-state index in [1.165, 1.54) is 28.8 Å². The average molecular weight is 1010 g/mol. The Balaban J connectivity index is 1.37. The third-order valence-corrected chi connectivity index (χ3v) is 16.5. The van der Waals surface area contributed by atoms with Crippen LogP contribution in [0.4, 0.5) is 11.4 Å². The van der Waals surface area contributed by atoms with Gasteiger partial charge in [-0.15, -0.1) is 6.42 Å². The van der Waals surface area contributed by atoms with Crippen molar-refractivity contribution in [3.63, 3.8) is 0 Å². The van der Waals surface area contributed by atoms with Gasteiger partial charge in [0, 0.05) is 47.5 Å². The van der Waals surface area contributed by atoms with Crippen LogP contribution in [-0.4, -0.2) is 100 Å². The highest BCUT2D eigenvalue weighted by Gasteiger charge is 2.46. The maximum atomic E-state index is 12.1. The first-order valence-electron chi connectivity index (χ1n) is 23.9. The number of ether oxygens (including phenoxy) is 1. The molecule has 0 radical (unpaired) electrons. The highest BCUT2D eigenvalue weighted by Crippen LogP contribution is 2.52. The van der Waals surface area contributed by atoms with E-state index in [9.17, 15) is 38.9 Å². The Kier molecular flexibility index (Phi) is 15.9. The van der Waals surface area contributed by atoms with Gasteiger partial charge in [0.15, 0.2) is 5.71 Å². The Morgan fingerprint density at radius 1 is 0.800 bits per heavy atom. The first-order valence-corrected chi connectivity index (χ1v) is 28.5. The average Bonchev–Trinajstić information content (AvgIpc) is 3.64.